The van der Waals surface area contributed by atoms with Gasteiger partial charge in [0, 0.05) is 9.32 Å². The van der Waals surface area contributed by atoms with Crippen molar-refractivity contribution >= 4 is 34.4 Å². The van der Waals surface area contributed by atoms with Crippen molar-refractivity contribution in [3.63, 3.8) is 0 Å². The summed E-state index contributed by atoms with van der Waals surface area (Å²) in [6, 6.07) is 10.3. The molecule has 0 nitrogen and oxygen atoms in total. The minimum atomic E-state index is 1.01. The predicted molar refractivity (Wildman–Crippen MR) is 60.3 cm³/mol. The fraction of sp³-hybridized carbons (Fsp3) is 0.111. The van der Waals surface area contributed by atoms with Gasteiger partial charge in [-0.15, -0.1) is 0 Å². The lowest BCUT2D eigenvalue weighted by Gasteiger charge is -1.99. The Labute approximate surface area is 85.2 Å². The van der Waals surface area contributed by atoms with Gasteiger partial charge in [0.1, 0.15) is 0 Å². The molecule has 0 spiro atoms. The summed E-state index contributed by atoms with van der Waals surface area (Å²) in [7, 11) is 0. The highest BCUT2D eigenvalue weighted by Gasteiger charge is 1.93. The minimum Gasteiger partial charge on any atom is -0.0944 e. The van der Waals surface area contributed by atoms with Crippen molar-refractivity contribution in [3.8, 4) is 0 Å². The average molecular weight is 276 g/mol. The van der Waals surface area contributed by atoms with Crippen LogP contribution in [0.3, 0.4) is 0 Å². The van der Waals surface area contributed by atoms with Gasteiger partial charge in [-0.05, 0) is 17.0 Å². The number of benzene rings is 1. The molecule has 0 unspecified atom stereocenters. The quantitative estimate of drug-likeness (QED) is 0.460. The highest BCUT2D eigenvalue weighted by molar-refractivity contribution is 14.1. The summed E-state index contributed by atoms with van der Waals surface area (Å²) < 4.78 is 1.01. The summed E-state index contributed by atoms with van der Waals surface area (Å²) in [5.41, 5.74) is 0. The van der Waals surface area contributed by atoms with Gasteiger partial charge >= 0.3 is 0 Å². The molecule has 2 heteroatoms. The normalized spacial score (nSPS) is 9.55. The molecule has 0 atom stereocenters. The van der Waals surface area contributed by atoms with Crippen molar-refractivity contribution in [3.05, 3.63) is 41.8 Å². The van der Waals surface area contributed by atoms with Gasteiger partial charge in [-0.25, -0.2) is 0 Å². The smallest absolute Gasteiger partial charge is 0.0304 e. The van der Waals surface area contributed by atoms with E-state index in [1.165, 1.54) is 9.80 Å². The van der Waals surface area contributed by atoms with E-state index in [-0.39, 0.29) is 0 Å². The third-order valence-corrected chi connectivity index (χ3v) is 3.53. The molecule has 1 aromatic rings. The zero-order valence-corrected chi connectivity index (χ0v) is 9.06. The summed E-state index contributed by atoms with van der Waals surface area (Å²) in [6.07, 6.45) is 0. The van der Waals surface area contributed by atoms with Crippen molar-refractivity contribution in [2.24, 2.45) is 0 Å². The molecule has 0 radical (unpaired) electrons. The molecule has 11 heavy (non-hydrogen) atoms. The number of thioether (sulfide) groups is 1. The van der Waals surface area contributed by atoms with E-state index >= 15 is 0 Å². The van der Waals surface area contributed by atoms with Crippen LogP contribution in [0.1, 0.15) is 0 Å². The van der Waals surface area contributed by atoms with E-state index in [0.29, 0.717) is 0 Å². The van der Waals surface area contributed by atoms with E-state index in [0.717, 1.165) is 4.43 Å². The third-order valence-electron chi connectivity index (χ3n) is 1.15. The second-order valence-corrected chi connectivity index (χ2v) is 4.10. The number of halogens is 1. The van der Waals surface area contributed by atoms with Gasteiger partial charge in [-0.1, -0.05) is 59.1 Å². The van der Waals surface area contributed by atoms with Crippen LogP contribution in [-0.2, 0) is 0 Å². The van der Waals surface area contributed by atoms with Gasteiger partial charge in [-0.2, -0.15) is 0 Å². The van der Waals surface area contributed by atoms with Crippen molar-refractivity contribution in [2.75, 3.05) is 4.43 Å². The van der Waals surface area contributed by atoms with Gasteiger partial charge in [0.15, 0.2) is 0 Å². The van der Waals surface area contributed by atoms with Crippen LogP contribution in [-0.4, -0.2) is 4.43 Å². The molecule has 0 saturated heterocycles. The molecule has 0 aliphatic rings. The van der Waals surface area contributed by atoms with Gasteiger partial charge in [0.05, 0.1) is 0 Å². The van der Waals surface area contributed by atoms with Crippen LogP contribution in [0.25, 0.3) is 0 Å². The molecule has 1 rings (SSSR count). The van der Waals surface area contributed by atoms with Gasteiger partial charge in [0.2, 0.25) is 0 Å². The van der Waals surface area contributed by atoms with Crippen molar-refractivity contribution in [1.82, 2.24) is 0 Å². The van der Waals surface area contributed by atoms with Gasteiger partial charge in [0.25, 0.3) is 0 Å². The molecule has 0 aliphatic heterocycles. The molecule has 58 valence electrons. The standard InChI is InChI=1S/C9H9IS/c1-8(7-10)11-9-5-3-2-4-6-9/h2-6H,1,7H2. The first-order valence-corrected chi connectivity index (χ1v) is 5.64. The summed E-state index contributed by atoms with van der Waals surface area (Å²) in [5.74, 6) is 0. The molecular formula is C9H9IS. The Morgan fingerprint density at radius 2 is 2.00 bits per heavy atom. The first-order chi connectivity index (χ1) is 5.33. The average Bonchev–Trinajstić information content (AvgIpc) is 2.06. The summed E-state index contributed by atoms with van der Waals surface area (Å²) in [5, 5.41) is 0. The molecule has 1 aromatic carbocycles. The molecule has 0 N–H and O–H groups in total. The van der Waals surface area contributed by atoms with Crippen LogP contribution in [0.5, 0.6) is 0 Å². The highest BCUT2D eigenvalue weighted by Crippen LogP contribution is 2.25. The van der Waals surface area contributed by atoms with E-state index in [4.69, 9.17) is 0 Å². The Morgan fingerprint density at radius 1 is 1.36 bits per heavy atom. The fourth-order valence-corrected chi connectivity index (χ4v) is 1.83. The number of hydrogen-bond acceptors (Lipinski definition) is 1. The summed E-state index contributed by atoms with van der Waals surface area (Å²) >= 11 is 4.06. The molecule has 0 heterocycles. The largest absolute Gasteiger partial charge is 0.0944 e. The summed E-state index contributed by atoms with van der Waals surface area (Å²) in [6.45, 7) is 3.92. The topological polar surface area (TPSA) is 0 Å². The van der Waals surface area contributed by atoms with E-state index < -0.39 is 0 Å². The van der Waals surface area contributed by atoms with E-state index in [9.17, 15) is 0 Å². The molecular weight excluding hydrogens is 267 g/mol. The Morgan fingerprint density at radius 3 is 2.55 bits per heavy atom. The number of hydrogen-bond donors (Lipinski definition) is 0. The van der Waals surface area contributed by atoms with Crippen LogP contribution in [0, 0.1) is 0 Å². The molecule has 0 bridgehead atoms. The van der Waals surface area contributed by atoms with Crippen LogP contribution in [0.2, 0.25) is 0 Å². The Kier molecular flexibility index (Phi) is 4.01. The number of allylic oxidation sites excluding steroid dienone is 1. The second kappa shape index (κ2) is 4.83. The van der Waals surface area contributed by atoms with E-state index in [1.54, 1.807) is 11.8 Å². The van der Waals surface area contributed by atoms with Crippen LogP contribution in [0.15, 0.2) is 46.7 Å². The lowest BCUT2D eigenvalue weighted by Crippen LogP contribution is -1.74. The molecule has 0 aromatic heterocycles. The zero-order valence-electron chi connectivity index (χ0n) is 6.09. The molecule has 0 aliphatic carbocycles. The fourth-order valence-electron chi connectivity index (χ4n) is 0.682. The van der Waals surface area contributed by atoms with Crippen LogP contribution in [0.4, 0.5) is 0 Å². The van der Waals surface area contributed by atoms with E-state index in [1.807, 2.05) is 18.2 Å². The Balaban J connectivity index is 2.58. The Hall–Kier alpha value is 0.0400. The maximum Gasteiger partial charge on any atom is 0.0304 e. The first kappa shape index (κ1) is 9.13. The SMILES string of the molecule is C=C(CI)Sc1ccccc1. The van der Waals surface area contributed by atoms with Crippen molar-refractivity contribution in [2.45, 2.75) is 4.90 Å². The van der Waals surface area contributed by atoms with E-state index in [2.05, 4.69) is 41.3 Å². The Bertz CT molecular complexity index is 231. The van der Waals surface area contributed by atoms with Crippen LogP contribution >= 0.6 is 34.4 Å². The first-order valence-electron chi connectivity index (χ1n) is 3.29. The number of rotatable bonds is 3. The molecule has 0 fully saturated rings. The summed E-state index contributed by atoms with van der Waals surface area (Å²) in [4.78, 5) is 2.48. The zero-order chi connectivity index (χ0) is 8.10. The van der Waals surface area contributed by atoms with Crippen LogP contribution < -0.4 is 0 Å². The number of alkyl halides is 1. The van der Waals surface area contributed by atoms with Crippen molar-refractivity contribution < 1.29 is 0 Å². The molecule has 0 saturated carbocycles. The monoisotopic (exact) mass is 276 g/mol. The van der Waals surface area contributed by atoms with Gasteiger partial charge < -0.3 is 0 Å². The third kappa shape index (κ3) is 3.29. The molecule has 0 amide bonds. The predicted octanol–water partition coefficient (Wildman–Crippen LogP) is 3.73. The maximum atomic E-state index is 3.92. The maximum absolute atomic E-state index is 3.92. The lowest BCUT2D eigenvalue weighted by atomic mass is 10.4. The van der Waals surface area contributed by atoms with Crippen molar-refractivity contribution in [1.29, 1.82) is 0 Å². The second-order valence-electron chi connectivity index (χ2n) is 2.09. The van der Waals surface area contributed by atoms with Gasteiger partial charge in [-0.3, -0.25) is 0 Å². The lowest BCUT2D eigenvalue weighted by molar-refractivity contribution is 1.47. The highest BCUT2D eigenvalue weighted by atomic mass is 127. The minimum absolute atomic E-state index is 1.01.